The van der Waals surface area contributed by atoms with Crippen LogP contribution in [0.15, 0.2) is 12.1 Å². The van der Waals surface area contributed by atoms with Crippen LogP contribution in [0.2, 0.25) is 0 Å². The van der Waals surface area contributed by atoms with E-state index in [1.807, 2.05) is 0 Å². The summed E-state index contributed by atoms with van der Waals surface area (Å²) in [6, 6.07) is 4.27. The van der Waals surface area contributed by atoms with E-state index in [4.69, 9.17) is 5.11 Å². The summed E-state index contributed by atoms with van der Waals surface area (Å²) in [6.45, 7) is 7.95. The van der Waals surface area contributed by atoms with Crippen LogP contribution in [0.4, 0.5) is 0 Å². The third-order valence-corrected chi connectivity index (χ3v) is 3.32. The summed E-state index contributed by atoms with van der Waals surface area (Å²) in [5, 5.41) is 9.01. The summed E-state index contributed by atoms with van der Waals surface area (Å²) < 4.78 is 0. The van der Waals surface area contributed by atoms with E-state index in [-0.39, 0.29) is 5.69 Å². The number of aryl methyl sites for hydroxylation is 4. The van der Waals surface area contributed by atoms with E-state index in [1.165, 1.54) is 22.3 Å². The van der Waals surface area contributed by atoms with Gasteiger partial charge in [0.1, 0.15) is 5.82 Å². The molecule has 0 atom stereocenters. The third-order valence-electron chi connectivity index (χ3n) is 3.32. The third kappa shape index (κ3) is 2.67. The average Bonchev–Trinajstić information content (AvgIpc) is 2.65. The number of benzene rings is 1. The molecule has 4 nitrogen and oxygen atoms in total. The van der Waals surface area contributed by atoms with Crippen molar-refractivity contribution in [3.8, 4) is 0 Å². The summed E-state index contributed by atoms with van der Waals surface area (Å²) in [5.74, 6) is -0.290. The van der Waals surface area contributed by atoms with Gasteiger partial charge < -0.3 is 10.1 Å². The van der Waals surface area contributed by atoms with Crippen molar-refractivity contribution >= 4 is 5.97 Å². The van der Waals surface area contributed by atoms with Crippen LogP contribution in [-0.4, -0.2) is 21.0 Å². The number of rotatable bonds is 3. The van der Waals surface area contributed by atoms with Gasteiger partial charge in [-0.05, 0) is 44.4 Å². The number of aromatic nitrogens is 2. The molecule has 0 spiro atoms. The Morgan fingerprint density at radius 2 is 1.79 bits per heavy atom. The van der Waals surface area contributed by atoms with Gasteiger partial charge >= 0.3 is 5.97 Å². The van der Waals surface area contributed by atoms with E-state index in [9.17, 15) is 4.79 Å². The van der Waals surface area contributed by atoms with Gasteiger partial charge in [-0.3, -0.25) is 0 Å². The number of nitrogens with zero attached hydrogens (tertiary/aromatic N) is 1. The van der Waals surface area contributed by atoms with Gasteiger partial charge in [0.15, 0.2) is 5.69 Å². The van der Waals surface area contributed by atoms with E-state index in [1.54, 1.807) is 6.92 Å². The molecule has 2 aromatic rings. The Morgan fingerprint density at radius 3 is 2.26 bits per heavy atom. The van der Waals surface area contributed by atoms with Gasteiger partial charge in [-0.1, -0.05) is 17.7 Å². The molecule has 0 fully saturated rings. The number of carbonyl (C=O) groups is 1. The van der Waals surface area contributed by atoms with Crippen molar-refractivity contribution in [1.29, 1.82) is 0 Å². The zero-order valence-corrected chi connectivity index (χ0v) is 11.7. The smallest absolute Gasteiger partial charge is 0.356 e. The first-order valence-corrected chi connectivity index (χ1v) is 6.24. The zero-order chi connectivity index (χ0) is 14.2. The highest BCUT2D eigenvalue weighted by atomic mass is 16.4. The highest BCUT2D eigenvalue weighted by molar-refractivity contribution is 5.86. The minimum absolute atomic E-state index is 0.109. The predicted octanol–water partition coefficient (Wildman–Crippen LogP) is 2.93. The Hall–Kier alpha value is -2.10. The molecule has 1 aromatic heterocycles. The first-order valence-electron chi connectivity index (χ1n) is 6.24. The molecule has 19 heavy (non-hydrogen) atoms. The zero-order valence-electron chi connectivity index (χ0n) is 11.7. The molecule has 4 heteroatoms. The normalized spacial score (nSPS) is 10.7. The molecule has 0 unspecified atom stereocenters. The second kappa shape index (κ2) is 4.88. The standard InChI is InChI=1S/C15H18N2O2/c1-8-5-9(2)12(10(3)6-8)7-13-16-11(4)14(17-13)15(18)19/h5-6H,7H2,1-4H3,(H,16,17)(H,18,19). The number of hydrogen-bond donors (Lipinski definition) is 2. The molecule has 2 rings (SSSR count). The molecule has 1 aromatic carbocycles. The van der Waals surface area contributed by atoms with Crippen molar-refractivity contribution in [2.45, 2.75) is 34.1 Å². The number of nitrogens with one attached hydrogen (secondary N) is 1. The van der Waals surface area contributed by atoms with Gasteiger partial charge in [0, 0.05) is 12.1 Å². The maximum Gasteiger partial charge on any atom is 0.356 e. The fourth-order valence-corrected chi connectivity index (χ4v) is 2.47. The molecule has 0 aliphatic heterocycles. The minimum atomic E-state index is -0.989. The highest BCUT2D eigenvalue weighted by Crippen LogP contribution is 2.19. The predicted molar refractivity (Wildman–Crippen MR) is 73.7 cm³/mol. The number of aromatic carboxylic acids is 1. The molecule has 100 valence electrons. The number of aromatic amines is 1. The Morgan fingerprint density at radius 1 is 1.21 bits per heavy atom. The fourth-order valence-electron chi connectivity index (χ4n) is 2.47. The summed E-state index contributed by atoms with van der Waals surface area (Å²) in [6.07, 6.45) is 0.631. The fraction of sp³-hybridized carbons (Fsp3) is 0.333. The van der Waals surface area contributed by atoms with Crippen molar-refractivity contribution in [3.63, 3.8) is 0 Å². The van der Waals surface area contributed by atoms with Gasteiger partial charge in [0.25, 0.3) is 0 Å². The topological polar surface area (TPSA) is 66.0 Å². The van der Waals surface area contributed by atoms with Crippen LogP contribution < -0.4 is 0 Å². The van der Waals surface area contributed by atoms with E-state index >= 15 is 0 Å². The molecule has 1 heterocycles. The molecule has 0 saturated heterocycles. The first-order chi connectivity index (χ1) is 8.88. The van der Waals surface area contributed by atoms with Crippen LogP contribution in [0.3, 0.4) is 0 Å². The number of H-pyrrole nitrogens is 1. The van der Waals surface area contributed by atoms with Gasteiger partial charge in [0.2, 0.25) is 0 Å². The average molecular weight is 258 g/mol. The lowest BCUT2D eigenvalue weighted by Crippen LogP contribution is -2.00. The Kier molecular flexibility index (Phi) is 3.42. The van der Waals surface area contributed by atoms with Crippen LogP contribution in [0, 0.1) is 27.7 Å². The van der Waals surface area contributed by atoms with Crippen LogP contribution >= 0.6 is 0 Å². The second-order valence-corrected chi connectivity index (χ2v) is 5.02. The van der Waals surface area contributed by atoms with E-state index < -0.39 is 5.97 Å². The molecule has 0 bridgehead atoms. The number of carboxylic acid groups (broad SMARTS) is 1. The molecule has 0 aliphatic carbocycles. The lowest BCUT2D eigenvalue weighted by Gasteiger charge is -2.09. The lowest BCUT2D eigenvalue weighted by atomic mass is 9.97. The minimum Gasteiger partial charge on any atom is -0.476 e. The Labute approximate surface area is 112 Å². The van der Waals surface area contributed by atoms with Crippen LogP contribution in [-0.2, 0) is 6.42 Å². The lowest BCUT2D eigenvalue weighted by molar-refractivity contribution is 0.0690. The first kappa shape index (κ1) is 13.3. The van der Waals surface area contributed by atoms with Crippen molar-refractivity contribution in [2.75, 3.05) is 0 Å². The molecular formula is C15H18N2O2. The van der Waals surface area contributed by atoms with Crippen molar-refractivity contribution in [1.82, 2.24) is 9.97 Å². The quantitative estimate of drug-likeness (QED) is 0.889. The maximum atomic E-state index is 11.0. The number of imidazole rings is 1. The second-order valence-electron chi connectivity index (χ2n) is 5.02. The van der Waals surface area contributed by atoms with Gasteiger partial charge in [-0.2, -0.15) is 0 Å². The number of hydrogen-bond acceptors (Lipinski definition) is 2. The maximum absolute atomic E-state index is 11.0. The van der Waals surface area contributed by atoms with Crippen LogP contribution in [0.5, 0.6) is 0 Å². The van der Waals surface area contributed by atoms with Gasteiger partial charge in [0.05, 0.1) is 0 Å². The largest absolute Gasteiger partial charge is 0.476 e. The van der Waals surface area contributed by atoms with Crippen molar-refractivity contribution in [3.05, 3.63) is 51.6 Å². The van der Waals surface area contributed by atoms with E-state index in [0.29, 0.717) is 17.9 Å². The summed E-state index contributed by atoms with van der Waals surface area (Å²) in [5.41, 5.74) is 5.58. The molecular weight excluding hydrogens is 240 g/mol. The van der Waals surface area contributed by atoms with Crippen molar-refractivity contribution < 1.29 is 9.90 Å². The number of carboxylic acids is 1. The van der Waals surface area contributed by atoms with E-state index in [0.717, 1.165) is 0 Å². The monoisotopic (exact) mass is 258 g/mol. The molecule has 0 amide bonds. The van der Waals surface area contributed by atoms with Crippen molar-refractivity contribution in [2.24, 2.45) is 0 Å². The molecule has 2 N–H and O–H groups in total. The van der Waals surface area contributed by atoms with E-state index in [2.05, 4.69) is 42.9 Å². The van der Waals surface area contributed by atoms with Crippen LogP contribution in [0.1, 0.15) is 44.3 Å². The Balaban J connectivity index is 2.37. The summed E-state index contributed by atoms with van der Waals surface area (Å²) in [4.78, 5) is 18.2. The van der Waals surface area contributed by atoms with Crippen LogP contribution in [0.25, 0.3) is 0 Å². The SMILES string of the molecule is Cc1cc(C)c(Cc2nc(C(=O)O)c(C)[nH]2)c(C)c1. The molecule has 0 saturated carbocycles. The molecule has 0 radical (unpaired) electrons. The summed E-state index contributed by atoms with van der Waals surface area (Å²) >= 11 is 0. The molecule has 0 aliphatic rings. The van der Waals surface area contributed by atoms with Gasteiger partial charge in [-0.25, -0.2) is 9.78 Å². The Bertz CT molecular complexity index is 619. The van der Waals surface area contributed by atoms with Gasteiger partial charge in [-0.15, -0.1) is 0 Å². The summed E-state index contributed by atoms with van der Waals surface area (Å²) in [7, 11) is 0. The highest BCUT2D eigenvalue weighted by Gasteiger charge is 2.14.